The van der Waals surface area contributed by atoms with Crippen LogP contribution < -0.4 is 0 Å². The largest absolute Gasteiger partial charge is 0.507 e. The summed E-state index contributed by atoms with van der Waals surface area (Å²) in [7, 11) is 1.36. The van der Waals surface area contributed by atoms with Gasteiger partial charge in [0.1, 0.15) is 11.6 Å². The number of carbonyl (C=O) groups is 2. The molecular weight excluding hydrogens is 476 g/mol. The van der Waals surface area contributed by atoms with Gasteiger partial charge in [-0.3, -0.25) is 10.2 Å². The molecule has 6 heteroatoms. The van der Waals surface area contributed by atoms with E-state index < -0.39 is 0 Å². The zero-order chi connectivity index (χ0) is 28.4. The highest BCUT2D eigenvalue weighted by Gasteiger charge is 2.34. The minimum atomic E-state index is -0.384. The van der Waals surface area contributed by atoms with Crippen molar-refractivity contribution in [2.45, 2.75) is 72.1 Å². The van der Waals surface area contributed by atoms with Gasteiger partial charge in [-0.2, -0.15) is 0 Å². The smallest absolute Gasteiger partial charge is 0.337 e. The number of methoxy groups -OCH3 is 1. The molecule has 0 radical (unpaired) electrons. The normalized spacial score (nSPS) is 17.3. The van der Waals surface area contributed by atoms with E-state index in [9.17, 15) is 14.7 Å². The summed E-state index contributed by atoms with van der Waals surface area (Å²) in [5, 5.41) is 20.0. The van der Waals surface area contributed by atoms with E-state index in [1.165, 1.54) is 7.11 Å². The highest BCUT2D eigenvalue weighted by atomic mass is 16.5. The topological polar surface area (TPSA) is 90.7 Å². The molecule has 0 spiro atoms. The predicted octanol–water partition coefficient (Wildman–Crippen LogP) is 6.75. The lowest BCUT2D eigenvalue weighted by molar-refractivity contribution is 0.0600. The van der Waals surface area contributed by atoms with Crippen molar-refractivity contribution in [3.8, 4) is 5.75 Å². The van der Waals surface area contributed by atoms with Gasteiger partial charge in [0.05, 0.1) is 19.2 Å². The molecule has 2 N–H and O–H groups in total. The molecule has 0 aliphatic carbocycles. The number of esters is 1. The van der Waals surface area contributed by atoms with Gasteiger partial charge in [0.15, 0.2) is 5.78 Å². The Labute approximate surface area is 227 Å². The lowest BCUT2D eigenvalue weighted by Gasteiger charge is -2.28. The first-order chi connectivity index (χ1) is 17.7. The molecule has 0 amide bonds. The Morgan fingerprint density at radius 2 is 1.58 bits per heavy atom. The van der Waals surface area contributed by atoms with Crippen molar-refractivity contribution >= 4 is 23.7 Å². The Kier molecular flexibility index (Phi) is 8.55. The third kappa shape index (κ3) is 6.35. The van der Waals surface area contributed by atoms with Crippen molar-refractivity contribution in [2.24, 2.45) is 5.92 Å². The van der Waals surface area contributed by atoms with E-state index in [1.807, 2.05) is 76.8 Å². The number of aromatic hydroxyl groups is 1. The quantitative estimate of drug-likeness (QED) is 0.313. The first kappa shape index (κ1) is 29.2. The first-order valence-corrected chi connectivity index (χ1v) is 13.3. The van der Waals surface area contributed by atoms with Gasteiger partial charge in [-0.1, -0.05) is 67.0 Å². The van der Waals surface area contributed by atoms with Crippen LogP contribution in [0.25, 0.3) is 6.08 Å². The Morgan fingerprint density at radius 3 is 2.05 bits per heavy atom. The van der Waals surface area contributed by atoms with E-state index >= 15 is 0 Å². The number of nitrogens with zero attached hydrogens (tertiary/aromatic N) is 1. The number of hydrogen-bond donors (Lipinski definition) is 2. The molecule has 1 saturated heterocycles. The molecule has 0 saturated carbocycles. The van der Waals surface area contributed by atoms with Crippen molar-refractivity contribution in [3.05, 3.63) is 69.8 Å². The molecule has 0 aromatic heterocycles. The van der Waals surface area contributed by atoms with E-state index in [0.717, 1.165) is 35.1 Å². The summed E-state index contributed by atoms with van der Waals surface area (Å²) in [5.41, 5.74) is 3.70. The number of likely N-dealkylation sites (tertiary alicyclic amines) is 1. The highest BCUT2D eigenvalue weighted by Crippen LogP contribution is 2.40. The number of nitrogens with one attached hydrogen (secondary N) is 1. The van der Waals surface area contributed by atoms with Crippen LogP contribution in [0.4, 0.5) is 0 Å². The van der Waals surface area contributed by atoms with Crippen LogP contribution in [0.15, 0.2) is 42.0 Å². The average Bonchev–Trinajstić information content (AvgIpc) is 3.11. The fourth-order valence-corrected chi connectivity index (χ4v) is 4.97. The van der Waals surface area contributed by atoms with Crippen LogP contribution >= 0.6 is 0 Å². The summed E-state index contributed by atoms with van der Waals surface area (Å²) in [6.45, 7) is 15.0. The minimum absolute atomic E-state index is 0.0651. The maximum atomic E-state index is 13.6. The molecule has 2 aromatic rings. The molecule has 1 aliphatic heterocycles. The lowest BCUT2D eigenvalue weighted by atomic mass is 9.78. The summed E-state index contributed by atoms with van der Waals surface area (Å²) in [6.07, 6.45) is 3.88. The maximum Gasteiger partial charge on any atom is 0.337 e. The number of rotatable bonds is 7. The number of amidine groups is 1. The van der Waals surface area contributed by atoms with Crippen LogP contribution in [-0.2, 0) is 15.6 Å². The fraction of sp³-hybridized carbons (Fsp3) is 0.469. The summed E-state index contributed by atoms with van der Waals surface area (Å²) in [5.74, 6) is 0.312. The van der Waals surface area contributed by atoms with Crippen LogP contribution in [-0.4, -0.2) is 47.8 Å². The second-order valence-corrected chi connectivity index (χ2v) is 12.3. The van der Waals surface area contributed by atoms with E-state index in [4.69, 9.17) is 10.1 Å². The molecule has 2 aromatic carbocycles. The number of ketones is 1. The molecule has 1 heterocycles. The van der Waals surface area contributed by atoms with Crippen molar-refractivity contribution in [3.63, 3.8) is 0 Å². The summed E-state index contributed by atoms with van der Waals surface area (Å²) in [4.78, 5) is 27.2. The van der Waals surface area contributed by atoms with Crippen LogP contribution in [0, 0.1) is 11.3 Å². The van der Waals surface area contributed by atoms with Gasteiger partial charge in [-0.25, -0.2) is 4.79 Å². The first-order valence-electron chi connectivity index (χ1n) is 13.3. The average molecular weight is 519 g/mol. The van der Waals surface area contributed by atoms with Crippen LogP contribution in [0.5, 0.6) is 5.75 Å². The van der Waals surface area contributed by atoms with Gasteiger partial charge >= 0.3 is 5.97 Å². The lowest BCUT2D eigenvalue weighted by Crippen LogP contribution is -2.31. The molecule has 6 nitrogen and oxygen atoms in total. The monoisotopic (exact) mass is 518 g/mol. The van der Waals surface area contributed by atoms with Crippen LogP contribution in [0.1, 0.15) is 98.7 Å². The predicted molar refractivity (Wildman–Crippen MR) is 153 cm³/mol. The molecule has 3 rings (SSSR count). The molecule has 38 heavy (non-hydrogen) atoms. The Balaban J connectivity index is 1.91. The van der Waals surface area contributed by atoms with Crippen molar-refractivity contribution < 1.29 is 19.4 Å². The molecule has 204 valence electrons. The Morgan fingerprint density at radius 1 is 1.03 bits per heavy atom. The minimum Gasteiger partial charge on any atom is -0.507 e. The van der Waals surface area contributed by atoms with Crippen molar-refractivity contribution in [1.82, 2.24) is 4.90 Å². The summed E-state index contributed by atoms with van der Waals surface area (Å²) < 4.78 is 4.78. The second-order valence-electron chi connectivity index (χ2n) is 12.3. The molecule has 1 unspecified atom stereocenters. The summed E-state index contributed by atoms with van der Waals surface area (Å²) in [6, 6.07) is 10.8. The molecular formula is C32H42N2O4. The Hall–Kier alpha value is -3.41. The standard InChI is InChI=1S/C32H42N2O4/c1-9-10-22-18-34(29(33)24(22)15-20-11-13-21(14-12-20)30(37)38-8)19-27(35)23-16-25(31(2,3)4)28(36)26(17-23)32(5,6)7/h11-17,22,33,36H,9-10,18-19H2,1-8H3. The number of Topliss-reactive ketones (excluding diaryl/α,β-unsaturated/α-hetero) is 1. The number of benzene rings is 2. The van der Waals surface area contributed by atoms with Gasteiger partial charge in [-0.15, -0.1) is 0 Å². The zero-order valence-corrected chi connectivity index (χ0v) is 24.1. The van der Waals surface area contributed by atoms with Crippen LogP contribution in [0.3, 0.4) is 0 Å². The molecule has 0 bridgehead atoms. The van der Waals surface area contributed by atoms with E-state index in [1.54, 1.807) is 12.1 Å². The number of carbonyl (C=O) groups excluding carboxylic acids is 2. The van der Waals surface area contributed by atoms with E-state index in [-0.39, 0.29) is 40.8 Å². The van der Waals surface area contributed by atoms with Gasteiger partial charge < -0.3 is 14.7 Å². The van der Waals surface area contributed by atoms with Gasteiger partial charge in [-0.05, 0) is 58.7 Å². The summed E-state index contributed by atoms with van der Waals surface area (Å²) >= 11 is 0. The third-order valence-corrected chi connectivity index (χ3v) is 7.14. The number of phenolic OH excluding ortho intramolecular Hbond substituents is 1. The maximum absolute atomic E-state index is 13.6. The van der Waals surface area contributed by atoms with Crippen molar-refractivity contribution in [1.29, 1.82) is 5.41 Å². The van der Waals surface area contributed by atoms with E-state index in [0.29, 0.717) is 23.5 Å². The van der Waals surface area contributed by atoms with Gasteiger partial charge in [0, 0.05) is 29.2 Å². The van der Waals surface area contributed by atoms with E-state index in [2.05, 4.69) is 6.92 Å². The molecule has 1 atom stereocenters. The van der Waals surface area contributed by atoms with Crippen molar-refractivity contribution in [2.75, 3.05) is 20.2 Å². The van der Waals surface area contributed by atoms with Gasteiger partial charge in [0.2, 0.25) is 0 Å². The number of phenols is 1. The fourth-order valence-electron chi connectivity index (χ4n) is 4.97. The molecule has 1 fully saturated rings. The third-order valence-electron chi connectivity index (χ3n) is 7.14. The zero-order valence-electron chi connectivity index (χ0n) is 24.1. The Bertz CT molecular complexity index is 1210. The van der Waals surface area contributed by atoms with Crippen LogP contribution in [0.2, 0.25) is 0 Å². The second kappa shape index (κ2) is 11.1. The number of ether oxygens (including phenoxy) is 1. The van der Waals surface area contributed by atoms with Gasteiger partial charge in [0.25, 0.3) is 0 Å². The number of hydrogen-bond acceptors (Lipinski definition) is 5. The highest BCUT2D eigenvalue weighted by molar-refractivity contribution is 6.06. The molecule has 1 aliphatic rings. The SMILES string of the molecule is CCCC1CN(CC(=O)c2cc(C(C)(C)C)c(O)c(C(C)(C)C)c2)C(=N)C1=Cc1ccc(C(=O)OC)cc1.